The summed E-state index contributed by atoms with van der Waals surface area (Å²) >= 11 is 0. The Balaban J connectivity index is 1.81. The van der Waals surface area contributed by atoms with Gasteiger partial charge in [0.1, 0.15) is 5.82 Å². The molecule has 3 aromatic rings. The number of imidazole rings is 1. The van der Waals surface area contributed by atoms with Gasteiger partial charge in [-0.2, -0.15) is 0 Å². The van der Waals surface area contributed by atoms with Gasteiger partial charge in [-0.3, -0.25) is 0 Å². The normalized spacial score (nSPS) is 15.0. The number of hydrogen-bond donors (Lipinski definition) is 0. The van der Waals surface area contributed by atoms with E-state index in [1.54, 1.807) is 0 Å². The molecule has 3 heteroatoms. The van der Waals surface area contributed by atoms with Crippen LogP contribution in [-0.4, -0.2) is 22.6 Å². The lowest BCUT2D eigenvalue weighted by molar-refractivity contribution is 0.949. The van der Waals surface area contributed by atoms with Gasteiger partial charge in [0.2, 0.25) is 0 Å². The van der Waals surface area contributed by atoms with Gasteiger partial charge in [-0.25, -0.2) is 4.98 Å². The molecule has 1 fully saturated rings. The van der Waals surface area contributed by atoms with Crippen molar-refractivity contribution in [2.45, 2.75) is 12.8 Å². The fraction of sp³-hybridized carbons (Fsp3) is 0.278. The topological polar surface area (TPSA) is 21.1 Å². The molecule has 0 amide bonds. The van der Waals surface area contributed by atoms with Crippen LogP contribution in [0.25, 0.3) is 22.4 Å². The van der Waals surface area contributed by atoms with Crippen molar-refractivity contribution < 1.29 is 0 Å². The number of rotatable bonds is 2. The summed E-state index contributed by atoms with van der Waals surface area (Å²) in [6, 6.07) is 17.1. The van der Waals surface area contributed by atoms with Gasteiger partial charge in [0.25, 0.3) is 0 Å². The Bertz CT molecular complexity index is 782. The van der Waals surface area contributed by atoms with Crippen LogP contribution in [0.4, 0.5) is 5.69 Å². The average Bonchev–Trinajstić information content (AvgIpc) is 3.16. The van der Waals surface area contributed by atoms with Crippen LogP contribution in [0.15, 0.2) is 48.5 Å². The zero-order valence-corrected chi connectivity index (χ0v) is 12.3. The number of nitrogens with zero attached hydrogens (tertiary/aromatic N) is 3. The van der Waals surface area contributed by atoms with E-state index in [9.17, 15) is 0 Å². The number of aryl methyl sites for hydroxylation is 1. The summed E-state index contributed by atoms with van der Waals surface area (Å²) < 4.78 is 2.18. The second-order valence-electron chi connectivity index (χ2n) is 5.73. The first-order valence-electron chi connectivity index (χ1n) is 7.60. The third-order valence-corrected chi connectivity index (χ3v) is 4.36. The van der Waals surface area contributed by atoms with Crippen LogP contribution < -0.4 is 4.90 Å². The molecule has 0 N–H and O–H groups in total. The maximum absolute atomic E-state index is 4.79. The molecule has 1 aliphatic heterocycles. The van der Waals surface area contributed by atoms with Gasteiger partial charge in [0.15, 0.2) is 0 Å². The van der Waals surface area contributed by atoms with Crippen LogP contribution in [0.3, 0.4) is 0 Å². The van der Waals surface area contributed by atoms with E-state index in [2.05, 4.69) is 59.0 Å². The van der Waals surface area contributed by atoms with Crippen molar-refractivity contribution in [3.8, 4) is 11.4 Å². The van der Waals surface area contributed by atoms with E-state index >= 15 is 0 Å². The molecule has 2 heterocycles. The summed E-state index contributed by atoms with van der Waals surface area (Å²) in [5, 5.41) is 0. The van der Waals surface area contributed by atoms with E-state index in [0.717, 1.165) is 11.3 Å². The van der Waals surface area contributed by atoms with Crippen LogP contribution in [0.5, 0.6) is 0 Å². The van der Waals surface area contributed by atoms with Gasteiger partial charge in [0, 0.05) is 31.4 Å². The molecule has 0 bridgehead atoms. The molecule has 0 aliphatic carbocycles. The van der Waals surface area contributed by atoms with E-state index in [4.69, 9.17) is 4.98 Å². The summed E-state index contributed by atoms with van der Waals surface area (Å²) in [6.45, 7) is 2.35. The summed E-state index contributed by atoms with van der Waals surface area (Å²) in [5.74, 6) is 1.04. The van der Waals surface area contributed by atoms with E-state index in [1.165, 1.54) is 42.7 Å². The zero-order chi connectivity index (χ0) is 14.2. The molecule has 2 aromatic carbocycles. The number of para-hydroxylation sites is 2. The van der Waals surface area contributed by atoms with Crippen molar-refractivity contribution in [2.75, 3.05) is 18.0 Å². The lowest BCUT2D eigenvalue weighted by Gasteiger charge is -2.18. The van der Waals surface area contributed by atoms with E-state index < -0.39 is 0 Å². The first-order chi connectivity index (χ1) is 10.3. The van der Waals surface area contributed by atoms with E-state index in [-0.39, 0.29) is 0 Å². The van der Waals surface area contributed by atoms with Crippen LogP contribution in [0.2, 0.25) is 0 Å². The Morgan fingerprint density at radius 3 is 2.57 bits per heavy atom. The van der Waals surface area contributed by atoms with Crippen LogP contribution in [0, 0.1) is 0 Å². The monoisotopic (exact) mass is 277 g/mol. The van der Waals surface area contributed by atoms with Gasteiger partial charge in [-0.05, 0) is 37.1 Å². The van der Waals surface area contributed by atoms with Gasteiger partial charge in [-0.15, -0.1) is 0 Å². The second-order valence-corrected chi connectivity index (χ2v) is 5.73. The van der Waals surface area contributed by atoms with Gasteiger partial charge in [0.05, 0.1) is 11.0 Å². The SMILES string of the molecule is Cn1c(-c2cccc(N3CCCC3)c2)nc2ccccc21. The third kappa shape index (κ3) is 2.09. The average molecular weight is 277 g/mol. The van der Waals surface area contributed by atoms with Crippen molar-refractivity contribution in [3.63, 3.8) is 0 Å². The fourth-order valence-electron chi connectivity index (χ4n) is 3.22. The summed E-state index contributed by atoms with van der Waals surface area (Å²) in [6.07, 6.45) is 2.60. The second kappa shape index (κ2) is 4.92. The highest BCUT2D eigenvalue weighted by Crippen LogP contribution is 2.28. The standard InChI is InChI=1S/C18H19N3/c1-20-17-10-3-2-9-16(17)19-18(20)14-7-6-8-15(13-14)21-11-4-5-12-21/h2-3,6-10,13H,4-5,11-12H2,1H3. The largest absolute Gasteiger partial charge is 0.372 e. The Morgan fingerprint density at radius 2 is 1.76 bits per heavy atom. The molecule has 0 saturated carbocycles. The van der Waals surface area contributed by atoms with Gasteiger partial charge < -0.3 is 9.47 Å². The molecule has 0 atom stereocenters. The molecule has 106 valence electrons. The Kier molecular flexibility index (Phi) is 2.92. The minimum Gasteiger partial charge on any atom is -0.372 e. The number of fused-ring (bicyclic) bond motifs is 1. The highest BCUT2D eigenvalue weighted by molar-refractivity contribution is 5.81. The van der Waals surface area contributed by atoms with Crippen molar-refractivity contribution in [2.24, 2.45) is 7.05 Å². The maximum Gasteiger partial charge on any atom is 0.140 e. The lowest BCUT2D eigenvalue weighted by atomic mass is 10.2. The molecule has 0 unspecified atom stereocenters. The van der Waals surface area contributed by atoms with Crippen molar-refractivity contribution in [1.29, 1.82) is 0 Å². The minimum atomic E-state index is 1.04. The first-order valence-corrected chi connectivity index (χ1v) is 7.60. The molecule has 1 aromatic heterocycles. The molecule has 1 aliphatic rings. The Hall–Kier alpha value is -2.29. The van der Waals surface area contributed by atoms with Crippen molar-refractivity contribution in [1.82, 2.24) is 9.55 Å². The molecule has 0 radical (unpaired) electrons. The van der Waals surface area contributed by atoms with Gasteiger partial charge >= 0.3 is 0 Å². The van der Waals surface area contributed by atoms with E-state index in [1.807, 2.05) is 6.07 Å². The van der Waals surface area contributed by atoms with Crippen LogP contribution in [0.1, 0.15) is 12.8 Å². The lowest BCUT2D eigenvalue weighted by Crippen LogP contribution is -2.17. The number of benzene rings is 2. The van der Waals surface area contributed by atoms with Crippen molar-refractivity contribution in [3.05, 3.63) is 48.5 Å². The fourth-order valence-corrected chi connectivity index (χ4v) is 3.22. The molecule has 21 heavy (non-hydrogen) atoms. The molecule has 4 rings (SSSR count). The summed E-state index contributed by atoms with van der Waals surface area (Å²) in [7, 11) is 2.09. The summed E-state index contributed by atoms with van der Waals surface area (Å²) in [5.41, 5.74) is 4.75. The van der Waals surface area contributed by atoms with Crippen molar-refractivity contribution >= 4 is 16.7 Å². The van der Waals surface area contributed by atoms with Crippen LogP contribution in [-0.2, 0) is 7.05 Å². The minimum absolute atomic E-state index is 1.04. The predicted molar refractivity (Wildman–Crippen MR) is 87.6 cm³/mol. The quantitative estimate of drug-likeness (QED) is 0.709. The molecule has 1 saturated heterocycles. The molecule has 0 spiro atoms. The maximum atomic E-state index is 4.79. The smallest absolute Gasteiger partial charge is 0.140 e. The Morgan fingerprint density at radius 1 is 0.952 bits per heavy atom. The third-order valence-electron chi connectivity index (χ3n) is 4.36. The zero-order valence-electron chi connectivity index (χ0n) is 12.3. The predicted octanol–water partition coefficient (Wildman–Crippen LogP) is 3.84. The number of hydrogen-bond acceptors (Lipinski definition) is 2. The highest BCUT2D eigenvalue weighted by Gasteiger charge is 2.14. The first kappa shape index (κ1) is 12.5. The number of aromatic nitrogens is 2. The molecule has 3 nitrogen and oxygen atoms in total. The molecular weight excluding hydrogens is 258 g/mol. The number of anilines is 1. The van der Waals surface area contributed by atoms with Gasteiger partial charge in [-0.1, -0.05) is 24.3 Å². The highest BCUT2D eigenvalue weighted by atomic mass is 15.1. The summed E-state index contributed by atoms with van der Waals surface area (Å²) in [4.78, 5) is 7.26. The molecular formula is C18H19N3. The van der Waals surface area contributed by atoms with E-state index in [0.29, 0.717) is 0 Å². The van der Waals surface area contributed by atoms with Crippen LogP contribution >= 0.6 is 0 Å². The Labute approximate surface area is 124 Å².